The van der Waals surface area contributed by atoms with Gasteiger partial charge in [-0.3, -0.25) is 9.88 Å². The molecule has 0 radical (unpaired) electrons. The predicted octanol–water partition coefficient (Wildman–Crippen LogP) is 4.10. The summed E-state index contributed by atoms with van der Waals surface area (Å²) in [5.41, 5.74) is 2.11. The number of fused-ring (bicyclic) bond motifs is 1. The highest BCUT2D eigenvalue weighted by molar-refractivity contribution is 5.79. The van der Waals surface area contributed by atoms with Crippen LogP contribution in [-0.4, -0.2) is 29.5 Å². The Morgan fingerprint density at radius 1 is 1.10 bits per heavy atom. The molecule has 1 aromatic carbocycles. The van der Waals surface area contributed by atoms with Crippen LogP contribution in [-0.2, 0) is 0 Å². The van der Waals surface area contributed by atoms with Crippen LogP contribution in [0.2, 0.25) is 0 Å². The molecule has 0 bridgehead atoms. The highest BCUT2D eigenvalue weighted by Gasteiger charge is 2.07. The number of hydrogen-bond donors (Lipinski definition) is 0. The quantitative estimate of drug-likeness (QED) is 0.731. The minimum Gasteiger partial charge on any atom is -0.292 e. The topological polar surface area (TPSA) is 16.1 Å². The fourth-order valence-electron chi connectivity index (χ4n) is 2.52. The predicted molar refractivity (Wildman–Crippen MR) is 90.3 cm³/mol. The Bertz CT molecular complexity index is 616. The van der Waals surface area contributed by atoms with Crippen molar-refractivity contribution in [2.75, 3.05) is 19.6 Å². The van der Waals surface area contributed by atoms with E-state index in [1.165, 1.54) is 32.4 Å². The van der Waals surface area contributed by atoms with Crippen LogP contribution in [0.5, 0.6) is 0 Å². The van der Waals surface area contributed by atoms with Crippen LogP contribution in [0.15, 0.2) is 36.5 Å². The normalized spacial score (nSPS) is 14.8. The summed E-state index contributed by atoms with van der Waals surface area (Å²) in [6, 6.07) is 10.3. The van der Waals surface area contributed by atoms with Crippen molar-refractivity contribution < 1.29 is 0 Å². The number of rotatable bonds is 1. The van der Waals surface area contributed by atoms with Gasteiger partial charge in [0.15, 0.2) is 0 Å². The van der Waals surface area contributed by atoms with Gasteiger partial charge in [0.05, 0.1) is 12.1 Å². The number of pyridine rings is 1. The van der Waals surface area contributed by atoms with Gasteiger partial charge in [0.1, 0.15) is 0 Å². The third-order valence-corrected chi connectivity index (χ3v) is 3.59. The van der Waals surface area contributed by atoms with E-state index in [1.807, 2.05) is 32.2 Å². The molecule has 0 spiro atoms. The first kappa shape index (κ1) is 15.5. The largest absolute Gasteiger partial charge is 0.292 e. The molecule has 110 valence electrons. The van der Waals surface area contributed by atoms with Crippen LogP contribution in [0.4, 0.5) is 0 Å². The third-order valence-electron chi connectivity index (χ3n) is 3.59. The Kier molecular flexibility index (Phi) is 6.24. The Morgan fingerprint density at radius 2 is 1.90 bits per heavy atom. The van der Waals surface area contributed by atoms with Gasteiger partial charge in [-0.25, -0.2) is 0 Å². The lowest BCUT2D eigenvalue weighted by atomic mass is 10.1. The van der Waals surface area contributed by atoms with E-state index in [9.17, 15) is 0 Å². The summed E-state index contributed by atoms with van der Waals surface area (Å²) in [5, 5.41) is 1.16. The highest BCUT2D eigenvalue weighted by atomic mass is 15.1. The maximum Gasteiger partial charge on any atom is 0.0702 e. The number of aromatic nitrogens is 1. The molecule has 0 aliphatic carbocycles. The first-order valence-electron chi connectivity index (χ1n) is 7.98. The van der Waals surface area contributed by atoms with Crippen LogP contribution in [0.3, 0.4) is 0 Å². The van der Waals surface area contributed by atoms with E-state index in [0.717, 1.165) is 23.0 Å². The van der Waals surface area contributed by atoms with Gasteiger partial charge in [0.2, 0.25) is 0 Å². The summed E-state index contributed by atoms with van der Waals surface area (Å²) in [7, 11) is 0. The van der Waals surface area contributed by atoms with Crippen molar-refractivity contribution in [3.05, 3.63) is 42.1 Å². The molecule has 0 saturated carbocycles. The maximum absolute atomic E-state index is 4.32. The molecule has 1 aliphatic heterocycles. The Balaban J connectivity index is 0.000000774. The summed E-state index contributed by atoms with van der Waals surface area (Å²) < 4.78 is 0. The Labute approximate surface area is 128 Å². The fourth-order valence-corrected chi connectivity index (χ4v) is 2.52. The van der Waals surface area contributed by atoms with Gasteiger partial charge in [-0.15, -0.1) is 0 Å². The first-order valence-corrected chi connectivity index (χ1v) is 7.98. The standard InChI is InChI=1S/C17H18N2.C2H6/c1-2-11-19(12-3-1)13-5-6-15-8-9-17-16(14-15)7-4-10-18-17;1-2/h4,7-10,14H,1-3,11-13H2;1-2H3. The fraction of sp³-hybridized carbons (Fsp3) is 0.421. The molecule has 0 amide bonds. The van der Waals surface area contributed by atoms with Gasteiger partial charge >= 0.3 is 0 Å². The number of nitrogens with zero attached hydrogens (tertiary/aromatic N) is 2. The van der Waals surface area contributed by atoms with Crippen molar-refractivity contribution >= 4 is 10.9 Å². The summed E-state index contributed by atoms with van der Waals surface area (Å²) >= 11 is 0. The molecular formula is C19H24N2. The van der Waals surface area contributed by atoms with Crippen LogP contribution in [0, 0.1) is 11.8 Å². The van der Waals surface area contributed by atoms with E-state index in [4.69, 9.17) is 0 Å². The number of likely N-dealkylation sites (tertiary alicyclic amines) is 1. The number of benzene rings is 1. The smallest absolute Gasteiger partial charge is 0.0702 e. The van der Waals surface area contributed by atoms with E-state index < -0.39 is 0 Å². The molecule has 2 heterocycles. The molecule has 0 atom stereocenters. The lowest BCUT2D eigenvalue weighted by Crippen LogP contribution is -2.29. The zero-order chi connectivity index (χ0) is 14.9. The van der Waals surface area contributed by atoms with Crippen LogP contribution < -0.4 is 0 Å². The summed E-state index contributed by atoms with van der Waals surface area (Å²) in [6.45, 7) is 7.30. The second-order valence-corrected chi connectivity index (χ2v) is 5.05. The van der Waals surface area contributed by atoms with Crippen molar-refractivity contribution in [2.45, 2.75) is 33.1 Å². The molecule has 1 aromatic heterocycles. The zero-order valence-corrected chi connectivity index (χ0v) is 13.1. The number of piperidine rings is 1. The molecule has 0 unspecified atom stereocenters. The Hall–Kier alpha value is -1.85. The van der Waals surface area contributed by atoms with Gasteiger partial charge in [-0.1, -0.05) is 38.2 Å². The molecule has 2 nitrogen and oxygen atoms in total. The SMILES string of the molecule is C(#Cc1ccc2ncccc2c1)CN1CCCCC1.CC. The Morgan fingerprint density at radius 3 is 2.71 bits per heavy atom. The van der Waals surface area contributed by atoms with Gasteiger partial charge in [0.25, 0.3) is 0 Å². The molecular weight excluding hydrogens is 256 g/mol. The van der Waals surface area contributed by atoms with Crippen molar-refractivity contribution in [3.8, 4) is 11.8 Å². The van der Waals surface area contributed by atoms with Crippen molar-refractivity contribution in [2.24, 2.45) is 0 Å². The van der Waals surface area contributed by atoms with E-state index in [2.05, 4.69) is 39.9 Å². The van der Waals surface area contributed by atoms with E-state index in [-0.39, 0.29) is 0 Å². The van der Waals surface area contributed by atoms with Gasteiger partial charge in [-0.05, 0) is 50.2 Å². The monoisotopic (exact) mass is 280 g/mol. The molecule has 3 rings (SSSR count). The van der Waals surface area contributed by atoms with Crippen LogP contribution in [0.25, 0.3) is 10.9 Å². The zero-order valence-electron chi connectivity index (χ0n) is 13.1. The number of hydrogen-bond acceptors (Lipinski definition) is 2. The molecule has 1 fully saturated rings. The van der Waals surface area contributed by atoms with Crippen molar-refractivity contribution in [3.63, 3.8) is 0 Å². The summed E-state index contributed by atoms with van der Waals surface area (Å²) in [6.07, 6.45) is 5.85. The molecule has 0 N–H and O–H groups in total. The van der Waals surface area contributed by atoms with E-state index in [1.54, 1.807) is 0 Å². The maximum atomic E-state index is 4.32. The van der Waals surface area contributed by atoms with Gasteiger partial charge in [-0.2, -0.15) is 0 Å². The lowest BCUT2D eigenvalue weighted by molar-refractivity contribution is 0.255. The summed E-state index contributed by atoms with van der Waals surface area (Å²) in [5.74, 6) is 6.56. The van der Waals surface area contributed by atoms with E-state index >= 15 is 0 Å². The van der Waals surface area contributed by atoms with Crippen molar-refractivity contribution in [1.29, 1.82) is 0 Å². The molecule has 2 aromatic rings. The molecule has 1 aliphatic rings. The minimum atomic E-state index is 0.894. The van der Waals surface area contributed by atoms with Crippen LogP contribution >= 0.6 is 0 Å². The van der Waals surface area contributed by atoms with E-state index in [0.29, 0.717) is 0 Å². The van der Waals surface area contributed by atoms with Crippen molar-refractivity contribution in [1.82, 2.24) is 9.88 Å². The molecule has 2 heteroatoms. The second-order valence-electron chi connectivity index (χ2n) is 5.05. The lowest BCUT2D eigenvalue weighted by Gasteiger charge is -2.23. The van der Waals surface area contributed by atoms with Gasteiger partial charge in [0, 0.05) is 17.1 Å². The molecule has 1 saturated heterocycles. The average molecular weight is 280 g/mol. The first-order chi connectivity index (χ1) is 10.4. The third kappa shape index (κ3) is 4.58. The second kappa shape index (κ2) is 8.44. The van der Waals surface area contributed by atoms with Crippen LogP contribution in [0.1, 0.15) is 38.7 Å². The minimum absolute atomic E-state index is 0.894. The average Bonchev–Trinajstić information content (AvgIpc) is 2.58. The highest BCUT2D eigenvalue weighted by Crippen LogP contribution is 2.12. The van der Waals surface area contributed by atoms with Gasteiger partial charge < -0.3 is 0 Å². The molecule has 21 heavy (non-hydrogen) atoms. The summed E-state index contributed by atoms with van der Waals surface area (Å²) in [4.78, 5) is 6.76.